The molecule has 114 valence electrons. The van der Waals surface area contributed by atoms with Crippen molar-refractivity contribution in [1.29, 1.82) is 0 Å². The highest BCUT2D eigenvalue weighted by molar-refractivity contribution is 7.21. The van der Waals surface area contributed by atoms with Crippen LogP contribution in [0.5, 0.6) is 0 Å². The molecule has 3 rings (SSSR count). The highest BCUT2D eigenvalue weighted by atomic mass is 35.5. The molecule has 1 aromatic carbocycles. The fourth-order valence-electron chi connectivity index (χ4n) is 2.74. The van der Waals surface area contributed by atoms with E-state index in [9.17, 15) is 9.18 Å². The molecule has 21 heavy (non-hydrogen) atoms. The zero-order valence-corrected chi connectivity index (χ0v) is 13.4. The van der Waals surface area contributed by atoms with Crippen molar-refractivity contribution < 1.29 is 9.18 Å². The third kappa shape index (κ3) is 3.05. The Labute approximate surface area is 133 Å². The summed E-state index contributed by atoms with van der Waals surface area (Å²) in [5, 5.41) is 0.833. The van der Waals surface area contributed by atoms with Gasteiger partial charge in [-0.25, -0.2) is 4.39 Å². The second kappa shape index (κ2) is 6.30. The Morgan fingerprint density at radius 1 is 1.48 bits per heavy atom. The van der Waals surface area contributed by atoms with Gasteiger partial charge >= 0.3 is 0 Å². The molecule has 1 fully saturated rings. The number of carbonyl (C=O) groups is 1. The molecular formula is C15H18ClFN2OS. The Bertz CT molecular complexity index is 673. The number of fused-ring (bicyclic) bond motifs is 1. The zero-order valence-electron chi connectivity index (χ0n) is 11.8. The predicted molar refractivity (Wildman–Crippen MR) is 86.9 cm³/mol. The van der Waals surface area contributed by atoms with Crippen LogP contribution in [0, 0.1) is 12.7 Å². The molecule has 1 saturated heterocycles. The van der Waals surface area contributed by atoms with Crippen LogP contribution in [0.3, 0.4) is 0 Å². The van der Waals surface area contributed by atoms with Crippen molar-refractivity contribution in [2.45, 2.75) is 25.8 Å². The van der Waals surface area contributed by atoms with Gasteiger partial charge in [-0.15, -0.1) is 23.7 Å². The quantitative estimate of drug-likeness (QED) is 0.872. The number of amides is 1. The van der Waals surface area contributed by atoms with Crippen molar-refractivity contribution in [3.05, 3.63) is 34.5 Å². The molecular weight excluding hydrogens is 311 g/mol. The molecule has 1 aliphatic heterocycles. The van der Waals surface area contributed by atoms with Gasteiger partial charge in [-0.1, -0.05) is 0 Å². The number of benzene rings is 1. The minimum atomic E-state index is -0.266. The largest absolute Gasteiger partial charge is 0.336 e. The number of hydrogen-bond acceptors (Lipinski definition) is 3. The number of likely N-dealkylation sites (tertiary alicyclic amines) is 1. The molecule has 2 N–H and O–H groups in total. The smallest absolute Gasteiger partial charge is 0.264 e. The van der Waals surface area contributed by atoms with Crippen molar-refractivity contribution in [3.8, 4) is 0 Å². The molecule has 3 nitrogen and oxygen atoms in total. The Hall–Kier alpha value is -1.17. The number of nitrogens with two attached hydrogens (primary N) is 1. The highest BCUT2D eigenvalue weighted by Gasteiger charge is 2.25. The SMILES string of the molecule is Cc1c(C(=O)N2CCCC(N)C2)sc2ccc(F)cc12.Cl. The lowest BCUT2D eigenvalue weighted by Crippen LogP contribution is -2.45. The molecule has 0 saturated carbocycles. The lowest BCUT2D eigenvalue weighted by atomic mass is 10.1. The predicted octanol–water partition coefficient (Wildman–Crippen LogP) is 3.33. The van der Waals surface area contributed by atoms with Crippen LogP contribution in [0.1, 0.15) is 28.1 Å². The van der Waals surface area contributed by atoms with E-state index in [4.69, 9.17) is 5.73 Å². The van der Waals surface area contributed by atoms with Crippen LogP contribution in [-0.4, -0.2) is 29.9 Å². The monoisotopic (exact) mass is 328 g/mol. The molecule has 2 aromatic rings. The summed E-state index contributed by atoms with van der Waals surface area (Å²) in [4.78, 5) is 15.1. The molecule has 1 aromatic heterocycles. The molecule has 2 heterocycles. The van der Waals surface area contributed by atoms with Crippen molar-refractivity contribution in [2.75, 3.05) is 13.1 Å². The lowest BCUT2D eigenvalue weighted by Gasteiger charge is -2.30. The highest BCUT2D eigenvalue weighted by Crippen LogP contribution is 2.32. The summed E-state index contributed by atoms with van der Waals surface area (Å²) in [5.74, 6) is -0.239. The third-order valence-corrected chi connectivity index (χ3v) is 5.10. The lowest BCUT2D eigenvalue weighted by molar-refractivity contribution is 0.0713. The van der Waals surface area contributed by atoms with E-state index in [2.05, 4.69) is 0 Å². The zero-order chi connectivity index (χ0) is 14.3. The van der Waals surface area contributed by atoms with Crippen LogP contribution in [0.4, 0.5) is 4.39 Å². The minimum absolute atomic E-state index is 0. The van der Waals surface area contributed by atoms with Gasteiger partial charge in [-0.3, -0.25) is 4.79 Å². The average molecular weight is 329 g/mol. The van der Waals surface area contributed by atoms with Crippen LogP contribution >= 0.6 is 23.7 Å². The van der Waals surface area contributed by atoms with E-state index >= 15 is 0 Å². The number of aryl methyl sites for hydroxylation is 1. The number of thiophene rings is 1. The Balaban J connectivity index is 0.00000161. The fraction of sp³-hybridized carbons (Fsp3) is 0.400. The molecule has 1 aliphatic rings. The number of hydrogen-bond donors (Lipinski definition) is 1. The van der Waals surface area contributed by atoms with Crippen molar-refractivity contribution >= 4 is 39.7 Å². The first-order valence-corrected chi connectivity index (χ1v) is 7.61. The maximum absolute atomic E-state index is 13.3. The number of piperidine rings is 1. The summed E-state index contributed by atoms with van der Waals surface area (Å²) < 4.78 is 14.3. The van der Waals surface area contributed by atoms with Gasteiger partial charge in [0.25, 0.3) is 5.91 Å². The Morgan fingerprint density at radius 2 is 2.24 bits per heavy atom. The van der Waals surface area contributed by atoms with E-state index < -0.39 is 0 Å². The van der Waals surface area contributed by atoms with E-state index in [1.807, 2.05) is 11.8 Å². The Morgan fingerprint density at radius 3 is 2.95 bits per heavy atom. The second-order valence-corrected chi connectivity index (χ2v) is 6.40. The van der Waals surface area contributed by atoms with Gasteiger partial charge in [0, 0.05) is 23.8 Å². The minimum Gasteiger partial charge on any atom is -0.336 e. The summed E-state index contributed by atoms with van der Waals surface area (Å²) >= 11 is 1.44. The molecule has 0 radical (unpaired) electrons. The molecule has 0 bridgehead atoms. The van der Waals surface area contributed by atoms with Crippen LogP contribution in [-0.2, 0) is 0 Å². The topological polar surface area (TPSA) is 46.3 Å². The van der Waals surface area contributed by atoms with Gasteiger partial charge in [0.15, 0.2) is 0 Å². The third-order valence-electron chi connectivity index (χ3n) is 3.84. The number of nitrogens with zero attached hydrogens (tertiary/aromatic N) is 1. The number of rotatable bonds is 1. The van der Waals surface area contributed by atoms with Crippen molar-refractivity contribution in [3.63, 3.8) is 0 Å². The second-order valence-electron chi connectivity index (χ2n) is 5.35. The fourth-order valence-corrected chi connectivity index (χ4v) is 3.89. The molecule has 0 aliphatic carbocycles. The molecule has 1 unspecified atom stereocenters. The first-order chi connectivity index (χ1) is 9.56. The summed E-state index contributed by atoms with van der Waals surface area (Å²) in [6.45, 7) is 3.25. The first kappa shape index (κ1) is 16.2. The van der Waals surface area contributed by atoms with Crippen LogP contribution in [0.15, 0.2) is 18.2 Å². The molecule has 6 heteroatoms. The van der Waals surface area contributed by atoms with Crippen LogP contribution in [0.2, 0.25) is 0 Å². The van der Waals surface area contributed by atoms with Crippen molar-refractivity contribution in [1.82, 2.24) is 4.90 Å². The Kier molecular flexibility index (Phi) is 4.86. The van der Waals surface area contributed by atoms with E-state index in [1.165, 1.54) is 23.5 Å². The summed E-state index contributed by atoms with van der Waals surface area (Å²) in [6, 6.07) is 4.74. The summed E-state index contributed by atoms with van der Waals surface area (Å²) in [5.41, 5.74) is 6.80. The van der Waals surface area contributed by atoms with E-state index in [0.717, 1.165) is 35.0 Å². The molecule has 1 atom stereocenters. The maximum atomic E-state index is 13.3. The van der Waals surface area contributed by atoms with Gasteiger partial charge in [-0.2, -0.15) is 0 Å². The van der Waals surface area contributed by atoms with Crippen LogP contribution in [0.25, 0.3) is 10.1 Å². The summed E-state index contributed by atoms with van der Waals surface area (Å²) in [6.07, 6.45) is 1.92. The van der Waals surface area contributed by atoms with E-state index in [1.54, 1.807) is 6.07 Å². The van der Waals surface area contributed by atoms with Gasteiger partial charge in [0.1, 0.15) is 5.82 Å². The van der Waals surface area contributed by atoms with Gasteiger partial charge in [-0.05, 0) is 48.9 Å². The van der Waals surface area contributed by atoms with Crippen molar-refractivity contribution in [2.24, 2.45) is 5.73 Å². The first-order valence-electron chi connectivity index (χ1n) is 6.80. The molecule has 1 amide bonds. The van der Waals surface area contributed by atoms with Gasteiger partial charge in [0.05, 0.1) is 4.88 Å². The number of carbonyl (C=O) groups excluding carboxylic acids is 1. The maximum Gasteiger partial charge on any atom is 0.264 e. The molecule has 0 spiro atoms. The number of halogens is 2. The summed E-state index contributed by atoms with van der Waals surface area (Å²) in [7, 11) is 0. The van der Waals surface area contributed by atoms with E-state index in [-0.39, 0.29) is 30.2 Å². The van der Waals surface area contributed by atoms with Crippen LogP contribution < -0.4 is 5.73 Å². The normalized spacial score (nSPS) is 18.6. The standard InChI is InChI=1S/C15H17FN2OS.ClH/c1-9-12-7-10(16)4-5-13(12)20-14(9)15(19)18-6-2-3-11(17)8-18;/h4-5,7,11H,2-3,6,8,17H2,1H3;1H. The average Bonchev–Trinajstić information content (AvgIpc) is 2.75. The van der Waals surface area contributed by atoms with E-state index in [0.29, 0.717) is 11.4 Å². The van der Waals surface area contributed by atoms with Gasteiger partial charge in [0.2, 0.25) is 0 Å². The van der Waals surface area contributed by atoms with Gasteiger partial charge < -0.3 is 10.6 Å².